The van der Waals surface area contributed by atoms with Crippen LogP contribution in [0.2, 0.25) is 0 Å². The van der Waals surface area contributed by atoms with Crippen LogP contribution >= 0.6 is 0 Å². The highest BCUT2D eigenvalue weighted by molar-refractivity contribution is 5.98. The Hall–Kier alpha value is -1.39. The summed E-state index contributed by atoms with van der Waals surface area (Å²) in [5, 5.41) is 0. The highest BCUT2D eigenvalue weighted by Crippen LogP contribution is 2.24. The van der Waals surface area contributed by atoms with Crippen LogP contribution in [0.1, 0.15) is 18.9 Å². The molecule has 2 rings (SSSR count). The third kappa shape index (κ3) is 2.65. The summed E-state index contributed by atoms with van der Waals surface area (Å²) in [4.78, 5) is 16.7. The zero-order chi connectivity index (χ0) is 14.0. The summed E-state index contributed by atoms with van der Waals surface area (Å²) < 4.78 is 0. The maximum Gasteiger partial charge on any atom is 0.245 e. The molecule has 0 saturated carbocycles. The summed E-state index contributed by atoms with van der Waals surface area (Å²) in [5.41, 5.74) is 7.94. The summed E-state index contributed by atoms with van der Waals surface area (Å²) in [6, 6.07) is 8.17. The highest BCUT2D eigenvalue weighted by atomic mass is 16.2. The van der Waals surface area contributed by atoms with E-state index in [1.807, 2.05) is 43.1 Å². The monoisotopic (exact) mass is 261 g/mol. The Morgan fingerprint density at radius 3 is 2.68 bits per heavy atom. The SMILES string of the molecule is Cc1ccccc1N1CCC(C)N(C)C(CN)C1=O. The molecule has 4 heteroatoms. The van der Waals surface area contributed by atoms with Gasteiger partial charge in [0.25, 0.3) is 0 Å². The number of carbonyl (C=O) groups is 1. The van der Waals surface area contributed by atoms with Crippen molar-refractivity contribution in [2.75, 3.05) is 25.0 Å². The minimum atomic E-state index is -0.225. The van der Waals surface area contributed by atoms with Crippen LogP contribution in [0.4, 0.5) is 5.69 Å². The Kier molecular flexibility index (Phi) is 4.22. The lowest BCUT2D eigenvalue weighted by molar-refractivity contribution is -0.122. The Balaban J connectivity index is 2.36. The molecule has 2 atom stereocenters. The van der Waals surface area contributed by atoms with E-state index in [2.05, 4.69) is 11.8 Å². The first-order valence-electron chi connectivity index (χ1n) is 6.85. The van der Waals surface area contributed by atoms with Crippen molar-refractivity contribution in [1.82, 2.24) is 4.90 Å². The minimum absolute atomic E-state index is 0.114. The predicted molar refractivity (Wildman–Crippen MR) is 78.2 cm³/mol. The molecule has 1 amide bonds. The number of likely N-dealkylation sites (N-methyl/N-ethyl adjacent to an activating group) is 1. The van der Waals surface area contributed by atoms with Crippen LogP contribution in [0.25, 0.3) is 0 Å². The number of nitrogens with zero attached hydrogens (tertiary/aromatic N) is 2. The van der Waals surface area contributed by atoms with Gasteiger partial charge in [0.2, 0.25) is 5.91 Å². The summed E-state index contributed by atoms with van der Waals surface area (Å²) >= 11 is 0. The average molecular weight is 261 g/mol. The van der Waals surface area contributed by atoms with Crippen LogP contribution in [0.15, 0.2) is 24.3 Å². The number of benzene rings is 1. The Morgan fingerprint density at radius 1 is 1.37 bits per heavy atom. The van der Waals surface area contributed by atoms with Crippen LogP contribution in [-0.4, -0.2) is 43.0 Å². The van der Waals surface area contributed by atoms with Gasteiger partial charge in [-0.05, 0) is 38.9 Å². The number of nitrogens with two attached hydrogens (primary N) is 1. The van der Waals surface area contributed by atoms with Gasteiger partial charge in [-0.15, -0.1) is 0 Å². The fraction of sp³-hybridized carbons (Fsp3) is 0.533. The van der Waals surface area contributed by atoms with Crippen LogP contribution in [-0.2, 0) is 4.79 Å². The Bertz CT molecular complexity index is 460. The Labute approximate surface area is 115 Å². The van der Waals surface area contributed by atoms with Crippen LogP contribution in [0.3, 0.4) is 0 Å². The smallest absolute Gasteiger partial charge is 0.245 e. The lowest BCUT2D eigenvalue weighted by Crippen LogP contribution is -2.50. The van der Waals surface area contributed by atoms with Crippen molar-refractivity contribution >= 4 is 11.6 Å². The lowest BCUT2D eigenvalue weighted by Gasteiger charge is -2.29. The summed E-state index contributed by atoms with van der Waals surface area (Å²) in [6.45, 7) is 5.31. The van der Waals surface area contributed by atoms with Crippen molar-refractivity contribution in [2.24, 2.45) is 5.73 Å². The largest absolute Gasteiger partial charge is 0.328 e. The molecule has 1 fully saturated rings. The minimum Gasteiger partial charge on any atom is -0.328 e. The molecule has 1 saturated heterocycles. The third-order valence-electron chi connectivity index (χ3n) is 4.14. The number of hydrogen-bond acceptors (Lipinski definition) is 3. The van der Waals surface area contributed by atoms with Crippen molar-refractivity contribution in [3.8, 4) is 0 Å². The van der Waals surface area contributed by atoms with E-state index >= 15 is 0 Å². The van der Waals surface area contributed by atoms with Crippen molar-refractivity contribution in [2.45, 2.75) is 32.4 Å². The fourth-order valence-electron chi connectivity index (χ4n) is 2.66. The van der Waals surface area contributed by atoms with Crippen LogP contribution in [0, 0.1) is 6.92 Å². The molecule has 2 N–H and O–H groups in total. The number of amides is 1. The van der Waals surface area contributed by atoms with E-state index in [0.29, 0.717) is 12.6 Å². The molecule has 0 spiro atoms. The van der Waals surface area contributed by atoms with E-state index < -0.39 is 0 Å². The van der Waals surface area contributed by atoms with Gasteiger partial charge < -0.3 is 10.6 Å². The van der Waals surface area contributed by atoms with Gasteiger partial charge >= 0.3 is 0 Å². The maximum atomic E-state index is 12.7. The molecule has 0 bridgehead atoms. The van der Waals surface area contributed by atoms with E-state index in [9.17, 15) is 4.79 Å². The highest BCUT2D eigenvalue weighted by Gasteiger charge is 2.33. The van der Waals surface area contributed by atoms with Crippen molar-refractivity contribution in [1.29, 1.82) is 0 Å². The predicted octanol–water partition coefficient (Wildman–Crippen LogP) is 1.38. The van der Waals surface area contributed by atoms with E-state index in [-0.39, 0.29) is 11.9 Å². The molecule has 19 heavy (non-hydrogen) atoms. The van der Waals surface area contributed by atoms with Gasteiger partial charge in [-0.3, -0.25) is 9.69 Å². The summed E-state index contributed by atoms with van der Waals surface area (Å²) in [6.07, 6.45) is 0.965. The lowest BCUT2D eigenvalue weighted by atomic mass is 10.1. The second kappa shape index (κ2) is 5.72. The number of rotatable bonds is 2. The first-order valence-corrected chi connectivity index (χ1v) is 6.85. The summed E-state index contributed by atoms with van der Waals surface area (Å²) in [5.74, 6) is 0.114. The summed E-state index contributed by atoms with van der Waals surface area (Å²) in [7, 11) is 1.99. The van der Waals surface area contributed by atoms with Crippen molar-refractivity contribution < 1.29 is 4.79 Å². The first-order chi connectivity index (χ1) is 9.06. The zero-order valence-corrected chi connectivity index (χ0v) is 12.0. The number of hydrogen-bond donors (Lipinski definition) is 1. The number of para-hydroxylation sites is 1. The molecule has 0 radical (unpaired) electrons. The normalized spacial score (nSPS) is 25.5. The van der Waals surface area contributed by atoms with Gasteiger partial charge in [0.05, 0.1) is 0 Å². The Morgan fingerprint density at radius 2 is 2.05 bits per heavy atom. The van der Waals surface area contributed by atoms with E-state index in [4.69, 9.17) is 5.73 Å². The van der Waals surface area contributed by atoms with E-state index in [1.165, 1.54) is 0 Å². The van der Waals surface area contributed by atoms with Gasteiger partial charge in [0, 0.05) is 24.8 Å². The maximum absolute atomic E-state index is 12.7. The molecule has 0 aliphatic carbocycles. The van der Waals surface area contributed by atoms with E-state index in [1.54, 1.807) is 0 Å². The van der Waals surface area contributed by atoms with E-state index in [0.717, 1.165) is 24.2 Å². The van der Waals surface area contributed by atoms with Crippen molar-refractivity contribution in [3.05, 3.63) is 29.8 Å². The molecular formula is C15H23N3O. The van der Waals surface area contributed by atoms with Crippen molar-refractivity contribution in [3.63, 3.8) is 0 Å². The topological polar surface area (TPSA) is 49.6 Å². The first kappa shape index (κ1) is 14.0. The molecule has 104 valence electrons. The molecule has 2 unspecified atom stereocenters. The van der Waals surface area contributed by atoms with Crippen LogP contribution < -0.4 is 10.6 Å². The molecule has 1 aliphatic heterocycles. The second-order valence-electron chi connectivity index (χ2n) is 5.33. The average Bonchev–Trinajstić information content (AvgIpc) is 2.50. The van der Waals surface area contributed by atoms with Gasteiger partial charge in [-0.25, -0.2) is 0 Å². The standard InChI is InChI=1S/C15H23N3O/c1-11-6-4-5-7-13(11)18-9-8-12(2)17(3)14(10-16)15(18)19/h4-7,12,14H,8-10,16H2,1-3H3. The fourth-order valence-corrected chi connectivity index (χ4v) is 2.66. The molecule has 1 heterocycles. The van der Waals surface area contributed by atoms with Gasteiger partial charge in [-0.2, -0.15) is 0 Å². The molecule has 4 nitrogen and oxygen atoms in total. The number of aryl methyl sites for hydroxylation is 1. The molecule has 1 aromatic carbocycles. The molecule has 0 aromatic heterocycles. The number of carbonyl (C=O) groups excluding carboxylic acids is 1. The zero-order valence-electron chi connectivity index (χ0n) is 12.0. The third-order valence-corrected chi connectivity index (χ3v) is 4.14. The number of anilines is 1. The van der Waals surface area contributed by atoms with Gasteiger partial charge in [0.1, 0.15) is 6.04 Å². The quantitative estimate of drug-likeness (QED) is 0.875. The molecule has 1 aliphatic rings. The van der Waals surface area contributed by atoms with Crippen LogP contribution in [0.5, 0.6) is 0 Å². The molecule has 1 aromatic rings. The van der Waals surface area contributed by atoms with Gasteiger partial charge in [0.15, 0.2) is 0 Å². The second-order valence-corrected chi connectivity index (χ2v) is 5.33. The molecular weight excluding hydrogens is 238 g/mol. The van der Waals surface area contributed by atoms with Gasteiger partial charge in [-0.1, -0.05) is 18.2 Å².